The van der Waals surface area contributed by atoms with Gasteiger partial charge in [0.2, 0.25) is 6.21 Å². The molecule has 0 saturated heterocycles. The van der Waals surface area contributed by atoms with Crippen molar-refractivity contribution >= 4 is 18.0 Å². The number of nitrogens with zero attached hydrogens (tertiary/aromatic N) is 2. The zero-order valence-electron chi connectivity index (χ0n) is 6.90. The SMILES string of the molecule is O=C([O-])[N+]1=C2C=[N+]([O-])CC=C2CC1. The third-order valence-corrected chi connectivity index (χ3v) is 2.23. The summed E-state index contributed by atoms with van der Waals surface area (Å²) < 4.78 is 1.80. The molecule has 0 fully saturated rings. The van der Waals surface area contributed by atoms with Gasteiger partial charge in [0.15, 0.2) is 13.1 Å². The van der Waals surface area contributed by atoms with Gasteiger partial charge in [-0.25, -0.2) is 4.74 Å². The molecule has 68 valence electrons. The molecule has 0 aromatic carbocycles. The van der Waals surface area contributed by atoms with Crippen LogP contribution in [0.2, 0.25) is 0 Å². The summed E-state index contributed by atoms with van der Waals surface area (Å²) in [4.78, 5) is 10.6. The van der Waals surface area contributed by atoms with E-state index in [2.05, 4.69) is 0 Å². The molecule has 0 radical (unpaired) electrons. The Morgan fingerprint density at radius 1 is 1.54 bits per heavy atom. The fraction of sp³-hybridized carbons (Fsp3) is 0.375. The van der Waals surface area contributed by atoms with Gasteiger partial charge in [0, 0.05) is 12.0 Å². The average Bonchev–Trinajstić information content (AvgIpc) is 2.46. The van der Waals surface area contributed by atoms with Crippen LogP contribution in [0, 0.1) is 5.21 Å². The Hall–Kier alpha value is -1.65. The first-order valence-corrected chi connectivity index (χ1v) is 4.02. The molecular formula is C8H8N2O3. The Morgan fingerprint density at radius 2 is 2.31 bits per heavy atom. The van der Waals surface area contributed by atoms with Gasteiger partial charge in [-0.1, -0.05) is 0 Å². The minimum Gasteiger partial charge on any atom is -0.623 e. The van der Waals surface area contributed by atoms with Crippen LogP contribution in [0.3, 0.4) is 0 Å². The molecular weight excluding hydrogens is 172 g/mol. The largest absolute Gasteiger partial charge is 0.623 e. The lowest BCUT2D eigenvalue weighted by Crippen LogP contribution is -2.37. The number of rotatable bonds is 0. The topological polar surface area (TPSA) is 69.2 Å². The highest BCUT2D eigenvalue weighted by molar-refractivity contribution is 6.35. The van der Waals surface area contributed by atoms with E-state index in [-0.39, 0.29) is 0 Å². The first-order valence-electron chi connectivity index (χ1n) is 4.02. The molecule has 0 unspecified atom stereocenters. The summed E-state index contributed by atoms with van der Waals surface area (Å²) in [5.41, 5.74) is 1.40. The molecule has 0 saturated carbocycles. The molecule has 2 aliphatic heterocycles. The van der Waals surface area contributed by atoms with Crippen molar-refractivity contribution in [2.75, 3.05) is 13.1 Å². The summed E-state index contributed by atoms with van der Waals surface area (Å²) in [5.74, 6) is 0. The highest BCUT2D eigenvalue weighted by atomic mass is 16.5. The number of carboxylic acid groups (broad SMARTS) is 1. The van der Waals surface area contributed by atoms with Crippen molar-refractivity contribution in [3.05, 3.63) is 16.9 Å². The predicted molar refractivity (Wildman–Crippen MR) is 42.8 cm³/mol. The van der Waals surface area contributed by atoms with Crippen LogP contribution in [0.1, 0.15) is 6.42 Å². The Kier molecular flexibility index (Phi) is 1.65. The Bertz CT molecular complexity index is 366. The second-order valence-corrected chi connectivity index (χ2v) is 3.01. The molecule has 0 bridgehead atoms. The lowest BCUT2D eigenvalue weighted by Gasteiger charge is -2.05. The zero-order chi connectivity index (χ0) is 9.42. The Labute approximate surface area is 74.5 Å². The minimum atomic E-state index is -1.25. The van der Waals surface area contributed by atoms with E-state index < -0.39 is 6.09 Å². The summed E-state index contributed by atoms with van der Waals surface area (Å²) in [7, 11) is 0. The Morgan fingerprint density at radius 3 is 3.00 bits per heavy atom. The van der Waals surface area contributed by atoms with Crippen molar-refractivity contribution in [1.82, 2.24) is 0 Å². The van der Waals surface area contributed by atoms with Gasteiger partial charge in [-0.3, -0.25) is 0 Å². The van der Waals surface area contributed by atoms with Crippen molar-refractivity contribution in [2.24, 2.45) is 0 Å². The molecule has 5 nitrogen and oxygen atoms in total. The van der Waals surface area contributed by atoms with E-state index in [1.807, 2.05) is 0 Å². The van der Waals surface area contributed by atoms with Crippen LogP contribution in [0.5, 0.6) is 0 Å². The summed E-state index contributed by atoms with van der Waals surface area (Å²) >= 11 is 0. The quantitative estimate of drug-likeness (QED) is 0.344. The first-order chi connectivity index (χ1) is 6.18. The monoisotopic (exact) mass is 180 g/mol. The van der Waals surface area contributed by atoms with E-state index in [1.165, 1.54) is 6.21 Å². The highest BCUT2D eigenvalue weighted by Crippen LogP contribution is 2.13. The molecule has 2 aliphatic rings. The van der Waals surface area contributed by atoms with Gasteiger partial charge in [-0.05, 0) is 6.08 Å². The number of fused-ring (bicyclic) bond motifs is 1. The number of hydrogen-bond donors (Lipinski definition) is 0. The highest BCUT2D eigenvalue weighted by Gasteiger charge is 2.32. The van der Waals surface area contributed by atoms with Gasteiger partial charge in [-0.2, -0.15) is 4.58 Å². The van der Waals surface area contributed by atoms with Gasteiger partial charge in [0.25, 0.3) is 5.71 Å². The van der Waals surface area contributed by atoms with Gasteiger partial charge < -0.3 is 15.1 Å². The number of amides is 1. The zero-order valence-corrected chi connectivity index (χ0v) is 6.90. The molecule has 2 rings (SSSR count). The predicted octanol–water partition coefficient (Wildman–Crippen LogP) is -1.29. The van der Waals surface area contributed by atoms with Crippen molar-refractivity contribution in [2.45, 2.75) is 6.42 Å². The van der Waals surface area contributed by atoms with Crippen LogP contribution in [-0.2, 0) is 0 Å². The smallest absolute Gasteiger partial charge is 0.338 e. The first kappa shape index (κ1) is 7.97. The lowest BCUT2D eigenvalue weighted by atomic mass is 10.1. The minimum absolute atomic E-state index is 0.305. The normalized spacial score (nSPS) is 20.9. The fourth-order valence-electron chi connectivity index (χ4n) is 1.59. The van der Waals surface area contributed by atoms with Crippen LogP contribution in [0.25, 0.3) is 0 Å². The van der Waals surface area contributed by atoms with E-state index in [9.17, 15) is 15.1 Å². The number of carbonyl (C=O) groups is 1. The van der Waals surface area contributed by atoms with Gasteiger partial charge >= 0.3 is 6.09 Å². The van der Waals surface area contributed by atoms with E-state index in [1.54, 1.807) is 6.08 Å². The van der Waals surface area contributed by atoms with Gasteiger partial charge in [-0.15, -0.1) is 0 Å². The van der Waals surface area contributed by atoms with Crippen LogP contribution >= 0.6 is 0 Å². The summed E-state index contributed by atoms with van der Waals surface area (Å²) in [5, 5.41) is 21.5. The Balaban J connectivity index is 2.47. The summed E-state index contributed by atoms with van der Waals surface area (Å²) in [6.07, 6.45) is 2.49. The molecule has 0 aromatic rings. The van der Waals surface area contributed by atoms with Crippen LogP contribution < -0.4 is 5.11 Å². The molecule has 0 aliphatic carbocycles. The number of hydroxylamine groups is 1. The van der Waals surface area contributed by atoms with Gasteiger partial charge in [0.05, 0.1) is 0 Å². The third-order valence-electron chi connectivity index (χ3n) is 2.23. The van der Waals surface area contributed by atoms with Crippen molar-refractivity contribution in [1.29, 1.82) is 0 Å². The van der Waals surface area contributed by atoms with Crippen LogP contribution in [-0.4, -0.2) is 40.4 Å². The maximum absolute atomic E-state index is 10.9. The van der Waals surface area contributed by atoms with E-state index in [0.717, 1.165) is 10.1 Å². The number of hydrogen-bond acceptors (Lipinski definition) is 3. The molecule has 13 heavy (non-hydrogen) atoms. The molecule has 0 N–H and O–H groups in total. The second kappa shape index (κ2) is 2.69. The molecule has 0 atom stereocenters. The van der Waals surface area contributed by atoms with Crippen molar-refractivity contribution in [3.8, 4) is 0 Å². The molecule has 2 heterocycles. The van der Waals surface area contributed by atoms with Crippen LogP contribution in [0.4, 0.5) is 4.79 Å². The maximum Gasteiger partial charge on any atom is 0.338 e. The molecule has 0 spiro atoms. The molecule has 0 aromatic heterocycles. The average molecular weight is 180 g/mol. The van der Waals surface area contributed by atoms with E-state index in [0.29, 0.717) is 30.0 Å². The van der Waals surface area contributed by atoms with Crippen molar-refractivity contribution in [3.63, 3.8) is 0 Å². The standard InChI is InChI=1S/C8H8N2O3/c11-8(12)10-4-2-6-1-3-9(13)5-7(6)10/h1,5H,2-4H2. The fourth-order valence-corrected chi connectivity index (χ4v) is 1.59. The molecule has 1 amide bonds. The maximum atomic E-state index is 10.9. The lowest BCUT2D eigenvalue weighted by molar-refractivity contribution is -0.510. The summed E-state index contributed by atoms with van der Waals surface area (Å²) in [6.45, 7) is 0.702. The third kappa shape index (κ3) is 1.22. The van der Waals surface area contributed by atoms with Crippen LogP contribution in [0.15, 0.2) is 11.6 Å². The second-order valence-electron chi connectivity index (χ2n) is 3.01. The van der Waals surface area contributed by atoms with E-state index >= 15 is 0 Å². The summed E-state index contributed by atoms with van der Waals surface area (Å²) in [6, 6.07) is 0. The van der Waals surface area contributed by atoms with Crippen molar-refractivity contribution < 1.29 is 19.2 Å². The van der Waals surface area contributed by atoms with E-state index in [4.69, 9.17) is 0 Å². The molecule has 5 heteroatoms. The number of carbonyl (C=O) groups excluding carboxylic acids is 1. The van der Waals surface area contributed by atoms with Gasteiger partial charge in [0.1, 0.15) is 0 Å².